The van der Waals surface area contributed by atoms with E-state index in [1.165, 1.54) is 4.90 Å². The van der Waals surface area contributed by atoms with Gasteiger partial charge in [-0.15, -0.1) is 11.8 Å². The summed E-state index contributed by atoms with van der Waals surface area (Å²) >= 11 is 5.27. The number of thioether (sulfide) groups is 1. The highest BCUT2D eigenvalue weighted by molar-refractivity contribution is 9.10. The number of hydrogen-bond acceptors (Lipinski definition) is 3. The van der Waals surface area contributed by atoms with Crippen LogP contribution in [0.2, 0.25) is 0 Å². The zero-order valence-electron chi connectivity index (χ0n) is 15.8. The summed E-state index contributed by atoms with van der Waals surface area (Å²) in [5, 5.41) is 6.63. The Balaban J connectivity index is 1.88. The number of carbonyl (C=O) groups excluding carboxylic acids is 1. The molecule has 7 heteroatoms. The van der Waals surface area contributed by atoms with Crippen LogP contribution in [0.4, 0.5) is 0 Å². The number of rotatable bonds is 7. The highest BCUT2D eigenvalue weighted by Crippen LogP contribution is 2.32. The van der Waals surface area contributed by atoms with Crippen LogP contribution in [-0.2, 0) is 6.54 Å². The van der Waals surface area contributed by atoms with E-state index in [-0.39, 0.29) is 4.75 Å². The normalized spacial score (nSPS) is 11.9. The highest BCUT2D eigenvalue weighted by Gasteiger charge is 2.20. The van der Waals surface area contributed by atoms with E-state index in [0.29, 0.717) is 18.1 Å². The Morgan fingerprint density at radius 1 is 1.19 bits per heavy atom. The van der Waals surface area contributed by atoms with Gasteiger partial charge in [0.2, 0.25) is 5.91 Å². The third kappa shape index (κ3) is 7.27. The second-order valence-corrected chi connectivity index (χ2v) is 9.36. The van der Waals surface area contributed by atoms with Gasteiger partial charge in [-0.2, -0.15) is 0 Å². The van der Waals surface area contributed by atoms with Crippen LogP contribution in [0.1, 0.15) is 29.8 Å². The Morgan fingerprint density at radius 2 is 1.89 bits per heavy atom. The number of nitrogens with one attached hydrogen (secondary N) is 2. The lowest BCUT2D eigenvalue weighted by molar-refractivity contribution is 0.1000. The van der Waals surface area contributed by atoms with Gasteiger partial charge in [0.25, 0.3) is 0 Å². The van der Waals surface area contributed by atoms with Crippen molar-refractivity contribution in [2.24, 2.45) is 10.7 Å². The van der Waals surface area contributed by atoms with Crippen molar-refractivity contribution in [3.63, 3.8) is 0 Å². The summed E-state index contributed by atoms with van der Waals surface area (Å²) in [7, 11) is 1.74. The third-order valence-electron chi connectivity index (χ3n) is 3.78. The quantitative estimate of drug-likeness (QED) is 0.342. The van der Waals surface area contributed by atoms with E-state index in [4.69, 9.17) is 5.73 Å². The lowest BCUT2D eigenvalue weighted by atomic mass is 10.1. The fourth-order valence-electron chi connectivity index (χ4n) is 2.40. The average Bonchev–Trinajstić information content (AvgIpc) is 2.64. The van der Waals surface area contributed by atoms with Gasteiger partial charge in [-0.1, -0.05) is 28.1 Å². The second kappa shape index (κ2) is 9.80. The molecule has 5 nitrogen and oxygen atoms in total. The lowest BCUT2D eigenvalue weighted by Crippen LogP contribution is -2.43. The van der Waals surface area contributed by atoms with E-state index >= 15 is 0 Å². The van der Waals surface area contributed by atoms with Crippen molar-refractivity contribution >= 4 is 39.6 Å². The molecule has 27 heavy (non-hydrogen) atoms. The summed E-state index contributed by atoms with van der Waals surface area (Å²) in [4.78, 5) is 16.8. The maximum Gasteiger partial charge on any atom is 0.248 e. The van der Waals surface area contributed by atoms with E-state index in [1.807, 2.05) is 36.0 Å². The number of hydrogen-bond donors (Lipinski definition) is 3. The van der Waals surface area contributed by atoms with Gasteiger partial charge in [0, 0.05) is 39.8 Å². The fraction of sp³-hybridized carbons (Fsp3) is 0.300. The summed E-state index contributed by atoms with van der Waals surface area (Å²) in [6.07, 6.45) is 0. The molecule has 0 bridgehead atoms. The number of benzene rings is 2. The number of amides is 1. The van der Waals surface area contributed by atoms with Gasteiger partial charge in [-0.05, 0) is 55.8 Å². The van der Waals surface area contributed by atoms with Crippen molar-refractivity contribution in [2.75, 3.05) is 13.6 Å². The molecule has 1 amide bonds. The van der Waals surface area contributed by atoms with Crippen molar-refractivity contribution in [3.05, 3.63) is 64.1 Å². The molecule has 0 unspecified atom stereocenters. The predicted octanol–water partition coefficient (Wildman–Crippen LogP) is 3.78. The molecule has 0 heterocycles. The second-order valence-electron chi connectivity index (χ2n) is 6.66. The third-order valence-corrected chi connectivity index (χ3v) is 5.52. The Kier molecular flexibility index (Phi) is 7.74. The minimum absolute atomic E-state index is 0.0165. The van der Waals surface area contributed by atoms with Crippen LogP contribution in [0.3, 0.4) is 0 Å². The van der Waals surface area contributed by atoms with Gasteiger partial charge in [0.05, 0.1) is 0 Å². The molecular weight excluding hydrogens is 424 g/mol. The number of guanidine groups is 1. The van der Waals surface area contributed by atoms with Crippen molar-refractivity contribution in [2.45, 2.75) is 30.0 Å². The van der Waals surface area contributed by atoms with E-state index in [1.54, 1.807) is 19.2 Å². The number of nitrogens with zero attached hydrogens (tertiary/aromatic N) is 1. The van der Waals surface area contributed by atoms with Crippen LogP contribution in [0.15, 0.2) is 62.9 Å². The summed E-state index contributed by atoms with van der Waals surface area (Å²) in [6.45, 7) is 5.68. The molecular formula is C20H25BrN4OS. The smallest absolute Gasteiger partial charge is 0.248 e. The molecule has 144 valence electrons. The van der Waals surface area contributed by atoms with E-state index < -0.39 is 5.91 Å². The summed E-state index contributed by atoms with van der Waals surface area (Å²) < 4.78 is 1.06. The van der Waals surface area contributed by atoms with Crippen LogP contribution in [0.25, 0.3) is 0 Å². The maximum absolute atomic E-state index is 11.3. The first kappa shape index (κ1) is 21.3. The Morgan fingerprint density at radius 3 is 2.52 bits per heavy atom. The molecule has 0 atom stereocenters. The number of carbonyl (C=O) groups is 1. The minimum Gasteiger partial charge on any atom is -0.366 e. The van der Waals surface area contributed by atoms with E-state index in [9.17, 15) is 4.79 Å². The topological polar surface area (TPSA) is 79.5 Å². The zero-order chi connectivity index (χ0) is 19.9. The Labute approximate surface area is 173 Å². The molecule has 2 aromatic rings. The Hall–Kier alpha value is -1.99. The van der Waals surface area contributed by atoms with Crippen molar-refractivity contribution in [1.82, 2.24) is 10.6 Å². The summed E-state index contributed by atoms with van der Waals surface area (Å²) in [5.74, 6) is 0.287. The molecule has 0 aliphatic heterocycles. The Bertz CT molecular complexity index is 806. The predicted molar refractivity (Wildman–Crippen MR) is 117 cm³/mol. The monoisotopic (exact) mass is 448 g/mol. The lowest BCUT2D eigenvalue weighted by Gasteiger charge is -2.25. The van der Waals surface area contributed by atoms with Gasteiger partial charge >= 0.3 is 0 Å². The molecule has 4 N–H and O–H groups in total. The molecule has 2 rings (SSSR count). The highest BCUT2D eigenvalue weighted by atomic mass is 79.9. The van der Waals surface area contributed by atoms with Gasteiger partial charge in [-0.3, -0.25) is 9.79 Å². The van der Waals surface area contributed by atoms with Crippen LogP contribution in [-0.4, -0.2) is 30.2 Å². The molecule has 0 fully saturated rings. The molecule has 2 aromatic carbocycles. The first-order valence-electron chi connectivity index (χ1n) is 8.57. The summed E-state index contributed by atoms with van der Waals surface area (Å²) in [5.41, 5.74) is 6.81. The molecule has 0 saturated carbocycles. The largest absolute Gasteiger partial charge is 0.366 e. The molecule has 0 aromatic heterocycles. The molecule has 0 saturated heterocycles. The van der Waals surface area contributed by atoms with E-state index in [0.717, 1.165) is 16.6 Å². The first-order valence-corrected chi connectivity index (χ1v) is 10.2. The number of halogens is 1. The van der Waals surface area contributed by atoms with Crippen molar-refractivity contribution in [1.29, 1.82) is 0 Å². The first-order chi connectivity index (χ1) is 12.8. The van der Waals surface area contributed by atoms with E-state index in [2.05, 4.69) is 57.5 Å². The molecule has 0 aliphatic rings. The standard InChI is InChI=1S/C20H25BrN4OS/c1-20(2,27-17-9-7-16(21)8-10-17)13-25-19(23-3)24-12-14-5-4-6-15(11-14)18(22)26/h4-11H,12-13H2,1-3H3,(H2,22,26)(H2,23,24,25). The van der Waals surface area contributed by atoms with Crippen LogP contribution >= 0.6 is 27.7 Å². The number of aliphatic imine (C=N–C) groups is 1. The van der Waals surface area contributed by atoms with Crippen LogP contribution in [0, 0.1) is 0 Å². The zero-order valence-corrected chi connectivity index (χ0v) is 18.2. The van der Waals surface area contributed by atoms with Gasteiger partial charge in [0.1, 0.15) is 0 Å². The number of nitrogens with two attached hydrogens (primary N) is 1. The SMILES string of the molecule is CN=C(NCc1cccc(C(N)=O)c1)NCC(C)(C)Sc1ccc(Br)cc1. The van der Waals surface area contributed by atoms with Crippen LogP contribution < -0.4 is 16.4 Å². The minimum atomic E-state index is -0.425. The van der Waals surface area contributed by atoms with Gasteiger partial charge in [0.15, 0.2) is 5.96 Å². The van der Waals surface area contributed by atoms with Gasteiger partial charge in [-0.25, -0.2) is 0 Å². The van der Waals surface area contributed by atoms with Crippen molar-refractivity contribution < 1.29 is 4.79 Å². The van der Waals surface area contributed by atoms with Gasteiger partial charge < -0.3 is 16.4 Å². The summed E-state index contributed by atoms with van der Waals surface area (Å²) in [6, 6.07) is 15.6. The average molecular weight is 449 g/mol. The molecule has 0 spiro atoms. The fourth-order valence-corrected chi connectivity index (χ4v) is 3.71. The maximum atomic E-state index is 11.3. The number of primary amides is 1. The van der Waals surface area contributed by atoms with Crippen LogP contribution in [0.5, 0.6) is 0 Å². The van der Waals surface area contributed by atoms with Crippen molar-refractivity contribution in [3.8, 4) is 0 Å². The molecule has 0 aliphatic carbocycles. The molecule has 0 radical (unpaired) electrons.